The molecule has 2 heteroatoms. The third kappa shape index (κ3) is 2.64. The van der Waals surface area contributed by atoms with E-state index in [1.807, 2.05) is 12.1 Å². The molecule has 0 radical (unpaired) electrons. The zero-order valence-corrected chi connectivity index (χ0v) is 11.8. The number of methoxy groups -OCH3 is 1. The molecule has 1 unspecified atom stereocenters. The molecule has 2 aromatic rings. The quantitative estimate of drug-likeness (QED) is 0.908. The summed E-state index contributed by atoms with van der Waals surface area (Å²) in [6.45, 7) is 4.84. The van der Waals surface area contributed by atoms with Crippen molar-refractivity contribution in [2.45, 2.75) is 19.8 Å². The van der Waals surface area contributed by atoms with Gasteiger partial charge in [0, 0.05) is 12.5 Å². The Morgan fingerprint density at radius 2 is 1.68 bits per heavy atom. The monoisotopic (exact) mass is 255 g/mol. The van der Waals surface area contributed by atoms with Crippen LogP contribution in [0.5, 0.6) is 5.75 Å². The van der Waals surface area contributed by atoms with Crippen molar-refractivity contribution in [3.8, 4) is 5.75 Å². The topological polar surface area (TPSA) is 35.2 Å². The van der Waals surface area contributed by atoms with Gasteiger partial charge in [0.2, 0.25) is 0 Å². The molecule has 0 saturated carbocycles. The van der Waals surface area contributed by atoms with Crippen molar-refractivity contribution in [2.24, 2.45) is 5.73 Å². The van der Waals surface area contributed by atoms with E-state index in [0.717, 1.165) is 5.75 Å². The third-order valence-electron chi connectivity index (χ3n) is 3.81. The molecule has 2 N–H and O–H groups in total. The molecule has 0 saturated heterocycles. The summed E-state index contributed by atoms with van der Waals surface area (Å²) in [5.74, 6) is 1.18. The van der Waals surface area contributed by atoms with Crippen molar-refractivity contribution in [1.29, 1.82) is 0 Å². The van der Waals surface area contributed by atoms with Crippen molar-refractivity contribution in [2.75, 3.05) is 13.7 Å². The predicted octanol–water partition coefficient (Wildman–Crippen LogP) is 3.40. The Hall–Kier alpha value is -1.80. The normalized spacial score (nSPS) is 12.2. The largest absolute Gasteiger partial charge is 0.496 e. The van der Waals surface area contributed by atoms with Crippen molar-refractivity contribution in [1.82, 2.24) is 0 Å². The van der Waals surface area contributed by atoms with Crippen LogP contribution in [-0.4, -0.2) is 13.7 Å². The maximum absolute atomic E-state index is 6.00. The van der Waals surface area contributed by atoms with E-state index in [0.29, 0.717) is 6.54 Å². The lowest BCUT2D eigenvalue weighted by Crippen LogP contribution is -2.15. The summed E-state index contributed by atoms with van der Waals surface area (Å²) >= 11 is 0. The van der Waals surface area contributed by atoms with Gasteiger partial charge in [-0.3, -0.25) is 0 Å². The molecular formula is C17H21NO. The van der Waals surface area contributed by atoms with E-state index in [1.54, 1.807) is 7.11 Å². The van der Waals surface area contributed by atoms with Gasteiger partial charge in [0.25, 0.3) is 0 Å². The molecule has 0 aliphatic rings. The van der Waals surface area contributed by atoms with E-state index in [2.05, 4.69) is 44.2 Å². The smallest absolute Gasteiger partial charge is 0.122 e. The van der Waals surface area contributed by atoms with Gasteiger partial charge in [-0.2, -0.15) is 0 Å². The van der Waals surface area contributed by atoms with Crippen LogP contribution in [0.2, 0.25) is 0 Å². The highest BCUT2D eigenvalue weighted by Crippen LogP contribution is 2.31. The van der Waals surface area contributed by atoms with Crippen molar-refractivity contribution < 1.29 is 4.74 Å². The summed E-state index contributed by atoms with van der Waals surface area (Å²) < 4.78 is 5.37. The van der Waals surface area contributed by atoms with Gasteiger partial charge in [0.1, 0.15) is 5.75 Å². The van der Waals surface area contributed by atoms with Crippen molar-refractivity contribution >= 4 is 0 Å². The van der Waals surface area contributed by atoms with Gasteiger partial charge >= 0.3 is 0 Å². The fraction of sp³-hybridized carbons (Fsp3) is 0.294. The third-order valence-corrected chi connectivity index (χ3v) is 3.81. The van der Waals surface area contributed by atoms with Gasteiger partial charge in [-0.1, -0.05) is 36.4 Å². The van der Waals surface area contributed by atoms with Crippen molar-refractivity contribution in [3.05, 3.63) is 64.7 Å². The van der Waals surface area contributed by atoms with Gasteiger partial charge in [0.05, 0.1) is 7.11 Å². The standard InChI is InChI=1S/C17H21NO/c1-12-13(2)17(19-3)10-9-15(12)16(11-18)14-7-5-4-6-8-14/h4-10,16H,11,18H2,1-3H3. The summed E-state index contributed by atoms with van der Waals surface area (Å²) in [7, 11) is 1.71. The number of rotatable bonds is 4. The molecule has 0 heterocycles. The van der Waals surface area contributed by atoms with Crippen molar-refractivity contribution in [3.63, 3.8) is 0 Å². The summed E-state index contributed by atoms with van der Waals surface area (Å²) in [4.78, 5) is 0. The molecule has 0 aliphatic carbocycles. The second-order valence-electron chi connectivity index (χ2n) is 4.81. The molecular weight excluding hydrogens is 234 g/mol. The maximum Gasteiger partial charge on any atom is 0.122 e. The number of hydrogen-bond acceptors (Lipinski definition) is 2. The van der Waals surface area contributed by atoms with E-state index in [-0.39, 0.29) is 5.92 Å². The fourth-order valence-corrected chi connectivity index (χ4v) is 2.54. The lowest BCUT2D eigenvalue weighted by atomic mass is 9.87. The van der Waals surface area contributed by atoms with E-state index in [9.17, 15) is 0 Å². The van der Waals surface area contributed by atoms with Crippen LogP contribution in [0.4, 0.5) is 0 Å². The molecule has 0 spiro atoms. The first-order valence-electron chi connectivity index (χ1n) is 6.58. The summed E-state index contributed by atoms with van der Waals surface area (Å²) in [5, 5.41) is 0. The molecule has 0 amide bonds. The zero-order chi connectivity index (χ0) is 13.8. The lowest BCUT2D eigenvalue weighted by Gasteiger charge is -2.20. The Labute approximate surface area is 115 Å². The number of nitrogens with two attached hydrogens (primary N) is 1. The Morgan fingerprint density at radius 3 is 2.26 bits per heavy atom. The summed E-state index contributed by atoms with van der Waals surface area (Å²) in [5.41, 5.74) is 11.0. The molecule has 0 fully saturated rings. The minimum absolute atomic E-state index is 0.241. The molecule has 19 heavy (non-hydrogen) atoms. The molecule has 2 nitrogen and oxygen atoms in total. The van der Waals surface area contributed by atoms with Gasteiger partial charge in [-0.15, -0.1) is 0 Å². The molecule has 0 bridgehead atoms. The van der Waals surface area contributed by atoms with Gasteiger partial charge in [-0.05, 0) is 42.2 Å². The number of hydrogen-bond donors (Lipinski definition) is 1. The van der Waals surface area contributed by atoms with Crippen LogP contribution < -0.4 is 10.5 Å². The van der Waals surface area contributed by atoms with Crippen LogP contribution >= 0.6 is 0 Å². The minimum atomic E-state index is 0.241. The average molecular weight is 255 g/mol. The summed E-state index contributed by atoms with van der Waals surface area (Å²) in [6, 6.07) is 14.6. The van der Waals surface area contributed by atoms with Gasteiger partial charge in [0.15, 0.2) is 0 Å². The van der Waals surface area contributed by atoms with Crippen LogP contribution in [0.15, 0.2) is 42.5 Å². The molecule has 1 atom stereocenters. The van der Waals surface area contributed by atoms with Crippen LogP contribution in [0.25, 0.3) is 0 Å². The Kier molecular flexibility index (Phi) is 4.23. The van der Waals surface area contributed by atoms with Crippen LogP contribution in [-0.2, 0) is 0 Å². The van der Waals surface area contributed by atoms with E-state index < -0.39 is 0 Å². The highest BCUT2D eigenvalue weighted by molar-refractivity contribution is 5.47. The summed E-state index contributed by atoms with van der Waals surface area (Å²) in [6.07, 6.45) is 0. The van der Waals surface area contributed by atoms with E-state index >= 15 is 0 Å². The highest BCUT2D eigenvalue weighted by Gasteiger charge is 2.16. The predicted molar refractivity (Wildman–Crippen MR) is 79.8 cm³/mol. The molecule has 2 aromatic carbocycles. The first kappa shape index (κ1) is 13.6. The van der Waals surface area contributed by atoms with Gasteiger partial charge < -0.3 is 10.5 Å². The Balaban J connectivity index is 2.48. The fourth-order valence-electron chi connectivity index (χ4n) is 2.54. The molecule has 100 valence electrons. The SMILES string of the molecule is COc1ccc(C(CN)c2ccccc2)c(C)c1C. The Morgan fingerprint density at radius 1 is 1.00 bits per heavy atom. The van der Waals surface area contributed by atoms with E-state index in [1.165, 1.54) is 22.3 Å². The second kappa shape index (κ2) is 5.89. The maximum atomic E-state index is 6.00. The Bertz CT molecular complexity index is 549. The highest BCUT2D eigenvalue weighted by atomic mass is 16.5. The number of benzene rings is 2. The number of ether oxygens (including phenoxy) is 1. The zero-order valence-electron chi connectivity index (χ0n) is 11.8. The van der Waals surface area contributed by atoms with Crippen LogP contribution in [0.3, 0.4) is 0 Å². The molecule has 2 rings (SSSR count). The van der Waals surface area contributed by atoms with Gasteiger partial charge in [-0.25, -0.2) is 0 Å². The van der Waals surface area contributed by atoms with E-state index in [4.69, 9.17) is 10.5 Å². The van der Waals surface area contributed by atoms with Crippen LogP contribution in [0, 0.1) is 13.8 Å². The average Bonchev–Trinajstić information content (AvgIpc) is 2.45. The van der Waals surface area contributed by atoms with Crippen LogP contribution in [0.1, 0.15) is 28.2 Å². The minimum Gasteiger partial charge on any atom is -0.496 e. The first-order valence-corrected chi connectivity index (χ1v) is 6.58. The lowest BCUT2D eigenvalue weighted by molar-refractivity contribution is 0.411. The molecule has 0 aliphatic heterocycles. The first-order chi connectivity index (χ1) is 9.19. The molecule has 0 aromatic heterocycles. The second-order valence-corrected chi connectivity index (χ2v) is 4.81.